The fourth-order valence-corrected chi connectivity index (χ4v) is 0.960. The van der Waals surface area contributed by atoms with E-state index in [9.17, 15) is 10.1 Å². The van der Waals surface area contributed by atoms with Gasteiger partial charge in [-0.1, -0.05) is 13.8 Å². The second kappa shape index (κ2) is 5.96. The summed E-state index contributed by atoms with van der Waals surface area (Å²) in [6.07, 6.45) is 0. The number of hydrogen-bond donors (Lipinski definition) is 0. The van der Waals surface area contributed by atoms with E-state index in [-0.39, 0.29) is 5.69 Å². The van der Waals surface area contributed by atoms with Crippen molar-refractivity contribution in [3.8, 4) is 5.75 Å². The minimum absolute atomic E-state index is 0.121. The minimum Gasteiger partial charge on any atom is -0.497 e. The Morgan fingerprint density at radius 2 is 1.93 bits per heavy atom. The Balaban J connectivity index is 0.000000791. The topological polar surface area (TPSA) is 52.4 Å². The van der Waals surface area contributed by atoms with E-state index in [4.69, 9.17) is 4.74 Å². The average molecular weight is 197 g/mol. The molecule has 0 spiro atoms. The second-order valence-electron chi connectivity index (χ2n) is 2.41. The maximum absolute atomic E-state index is 10.4. The molecule has 0 aliphatic carbocycles. The SMILES string of the molecule is CC.COc1ccc([N+](=O)[O-])c(C)c1. The van der Waals surface area contributed by atoms with Crippen LogP contribution < -0.4 is 4.74 Å². The van der Waals surface area contributed by atoms with Crippen molar-refractivity contribution in [1.82, 2.24) is 0 Å². The molecule has 0 aromatic heterocycles. The number of methoxy groups -OCH3 is 1. The third kappa shape index (κ3) is 3.05. The molecule has 4 nitrogen and oxygen atoms in total. The van der Waals surface area contributed by atoms with Gasteiger partial charge in [-0.05, 0) is 19.1 Å². The Morgan fingerprint density at radius 3 is 2.29 bits per heavy atom. The number of nitro benzene ring substituents is 1. The van der Waals surface area contributed by atoms with Crippen LogP contribution in [0.5, 0.6) is 5.75 Å². The standard InChI is InChI=1S/C8H9NO3.C2H6/c1-6-5-7(12-2)3-4-8(6)9(10)11;1-2/h3-5H,1-2H3;1-2H3. The summed E-state index contributed by atoms with van der Waals surface area (Å²) in [4.78, 5) is 9.98. The maximum Gasteiger partial charge on any atom is 0.272 e. The van der Waals surface area contributed by atoms with Gasteiger partial charge in [-0.2, -0.15) is 0 Å². The Bertz CT molecular complexity index is 310. The molecular formula is C10H15NO3. The number of ether oxygens (including phenoxy) is 1. The Labute approximate surface area is 83.7 Å². The highest BCUT2D eigenvalue weighted by Gasteiger charge is 2.09. The first-order valence-corrected chi connectivity index (χ1v) is 4.44. The van der Waals surface area contributed by atoms with Crippen LogP contribution in [0.2, 0.25) is 0 Å². The largest absolute Gasteiger partial charge is 0.497 e. The number of benzene rings is 1. The lowest BCUT2D eigenvalue weighted by atomic mass is 10.2. The Hall–Kier alpha value is -1.58. The maximum atomic E-state index is 10.4. The van der Waals surface area contributed by atoms with Crippen LogP contribution in [0.15, 0.2) is 18.2 Å². The summed E-state index contributed by atoms with van der Waals surface area (Å²) in [7, 11) is 1.53. The van der Waals surface area contributed by atoms with Gasteiger partial charge in [0.05, 0.1) is 12.0 Å². The Kier molecular flexibility index (Phi) is 5.29. The third-order valence-electron chi connectivity index (χ3n) is 1.60. The zero-order chi connectivity index (χ0) is 11.1. The van der Waals surface area contributed by atoms with Gasteiger partial charge in [-0.3, -0.25) is 10.1 Å². The van der Waals surface area contributed by atoms with E-state index in [1.807, 2.05) is 13.8 Å². The zero-order valence-corrected chi connectivity index (χ0v) is 8.90. The normalized spacial score (nSPS) is 8.57. The highest BCUT2D eigenvalue weighted by Crippen LogP contribution is 2.22. The average Bonchev–Trinajstić information content (AvgIpc) is 2.20. The molecule has 0 aliphatic rings. The molecule has 0 fully saturated rings. The lowest BCUT2D eigenvalue weighted by molar-refractivity contribution is -0.385. The Morgan fingerprint density at radius 1 is 1.36 bits per heavy atom. The van der Waals surface area contributed by atoms with E-state index in [0.29, 0.717) is 11.3 Å². The van der Waals surface area contributed by atoms with Crippen molar-refractivity contribution in [3.05, 3.63) is 33.9 Å². The van der Waals surface area contributed by atoms with Crippen LogP contribution in [-0.2, 0) is 0 Å². The van der Waals surface area contributed by atoms with Gasteiger partial charge >= 0.3 is 0 Å². The van der Waals surface area contributed by atoms with Crippen LogP contribution >= 0.6 is 0 Å². The molecule has 1 rings (SSSR count). The summed E-state index contributed by atoms with van der Waals surface area (Å²) in [6, 6.07) is 4.65. The first-order valence-electron chi connectivity index (χ1n) is 4.44. The van der Waals surface area contributed by atoms with Crippen LogP contribution in [0.4, 0.5) is 5.69 Å². The van der Waals surface area contributed by atoms with Gasteiger partial charge in [0.15, 0.2) is 0 Å². The van der Waals surface area contributed by atoms with Crippen LogP contribution in [0.3, 0.4) is 0 Å². The summed E-state index contributed by atoms with van der Waals surface area (Å²) in [6.45, 7) is 5.68. The van der Waals surface area contributed by atoms with Crippen molar-refractivity contribution >= 4 is 5.69 Å². The smallest absolute Gasteiger partial charge is 0.272 e. The molecule has 0 amide bonds. The zero-order valence-electron chi connectivity index (χ0n) is 8.90. The highest BCUT2D eigenvalue weighted by molar-refractivity contribution is 5.44. The summed E-state index contributed by atoms with van der Waals surface area (Å²) in [5.41, 5.74) is 0.732. The van der Waals surface area contributed by atoms with E-state index in [1.54, 1.807) is 19.1 Å². The molecule has 0 N–H and O–H groups in total. The van der Waals surface area contributed by atoms with Crippen LogP contribution in [0.25, 0.3) is 0 Å². The molecular weight excluding hydrogens is 182 g/mol. The van der Waals surface area contributed by atoms with E-state index in [1.165, 1.54) is 13.2 Å². The van der Waals surface area contributed by atoms with Crippen LogP contribution in [0, 0.1) is 17.0 Å². The van der Waals surface area contributed by atoms with E-state index in [0.717, 1.165) is 0 Å². The summed E-state index contributed by atoms with van der Waals surface area (Å²) < 4.78 is 4.91. The van der Waals surface area contributed by atoms with E-state index in [2.05, 4.69) is 0 Å². The van der Waals surface area contributed by atoms with Crippen molar-refractivity contribution in [2.24, 2.45) is 0 Å². The van der Waals surface area contributed by atoms with Gasteiger partial charge in [0.25, 0.3) is 5.69 Å². The fraction of sp³-hybridized carbons (Fsp3) is 0.400. The van der Waals surface area contributed by atoms with E-state index < -0.39 is 4.92 Å². The van der Waals surface area contributed by atoms with Gasteiger partial charge < -0.3 is 4.74 Å². The molecule has 78 valence electrons. The van der Waals surface area contributed by atoms with Crippen LogP contribution in [-0.4, -0.2) is 12.0 Å². The number of hydrogen-bond acceptors (Lipinski definition) is 3. The lowest BCUT2D eigenvalue weighted by Crippen LogP contribution is -1.92. The van der Waals surface area contributed by atoms with Gasteiger partial charge in [-0.15, -0.1) is 0 Å². The van der Waals surface area contributed by atoms with Crippen molar-refractivity contribution in [1.29, 1.82) is 0 Å². The number of aryl methyl sites for hydroxylation is 1. The molecule has 0 saturated heterocycles. The molecule has 1 aromatic carbocycles. The lowest BCUT2D eigenvalue weighted by Gasteiger charge is -2.00. The molecule has 0 saturated carbocycles. The molecule has 0 atom stereocenters. The monoisotopic (exact) mass is 197 g/mol. The predicted molar refractivity (Wildman–Crippen MR) is 55.7 cm³/mol. The number of nitro groups is 1. The van der Waals surface area contributed by atoms with Crippen molar-refractivity contribution < 1.29 is 9.66 Å². The predicted octanol–water partition coefficient (Wildman–Crippen LogP) is 2.94. The van der Waals surface area contributed by atoms with Gasteiger partial charge in [0.2, 0.25) is 0 Å². The quantitative estimate of drug-likeness (QED) is 0.541. The van der Waals surface area contributed by atoms with Gasteiger partial charge in [0, 0.05) is 11.6 Å². The first-order chi connectivity index (χ1) is 6.65. The number of rotatable bonds is 2. The molecule has 0 bridgehead atoms. The molecule has 0 heterocycles. The molecule has 1 aromatic rings. The molecule has 14 heavy (non-hydrogen) atoms. The minimum atomic E-state index is -0.408. The summed E-state index contributed by atoms with van der Waals surface area (Å²) >= 11 is 0. The van der Waals surface area contributed by atoms with Gasteiger partial charge in [-0.25, -0.2) is 0 Å². The van der Waals surface area contributed by atoms with Crippen molar-refractivity contribution in [2.75, 3.05) is 7.11 Å². The second-order valence-corrected chi connectivity index (χ2v) is 2.41. The third-order valence-corrected chi connectivity index (χ3v) is 1.60. The van der Waals surface area contributed by atoms with Crippen molar-refractivity contribution in [3.63, 3.8) is 0 Å². The van der Waals surface area contributed by atoms with E-state index >= 15 is 0 Å². The molecule has 0 unspecified atom stereocenters. The summed E-state index contributed by atoms with van der Waals surface area (Å²) in [5.74, 6) is 0.637. The highest BCUT2D eigenvalue weighted by atomic mass is 16.6. The first kappa shape index (κ1) is 12.4. The molecule has 0 radical (unpaired) electrons. The van der Waals surface area contributed by atoms with Gasteiger partial charge in [0.1, 0.15) is 5.75 Å². The number of nitrogens with zero attached hydrogens (tertiary/aromatic N) is 1. The fourth-order valence-electron chi connectivity index (χ4n) is 0.960. The molecule has 4 heteroatoms. The van der Waals surface area contributed by atoms with Crippen molar-refractivity contribution in [2.45, 2.75) is 20.8 Å². The summed E-state index contributed by atoms with van der Waals surface area (Å²) in [5, 5.41) is 10.4. The molecule has 0 aliphatic heterocycles. The van der Waals surface area contributed by atoms with Crippen LogP contribution in [0.1, 0.15) is 19.4 Å².